The lowest BCUT2D eigenvalue weighted by Gasteiger charge is -2.41. The third-order valence-corrected chi connectivity index (χ3v) is 5.40. The lowest BCUT2D eigenvalue weighted by Crippen LogP contribution is -2.57. The number of hydrogen-bond acceptors (Lipinski definition) is 9. The number of hydrogen-bond donors (Lipinski definition) is 3. The van der Waals surface area contributed by atoms with E-state index in [1.54, 1.807) is 11.0 Å². The molecule has 0 saturated carbocycles. The number of carboxylic acids is 1. The number of likely N-dealkylation sites (tertiary alicyclic amines) is 1. The molecular weight excluding hydrogens is 383 g/mol. The van der Waals surface area contributed by atoms with Gasteiger partial charge in [0.25, 0.3) is 0 Å². The van der Waals surface area contributed by atoms with Gasteiger partial charge in [-0.05, 0) is 18.1 Å². The Balaban J connectivity index is 1.39. The third kappa shape index (κ3) is 4.32. The number of nitrogens with one attached hydrogen (secondary N) is 1. The molecule has 3 N–H and O–H groups in total. The standard InChI is InChI=1S/C18H24BN2O8/c22-15(7-12-8-20-5-6-27-12)21-9-13(10-21)28-14-2-1-11-3-4-19(25,26)29-17(11)16(14)18(23)24/h1-2,12-13,20,25-26H,3-10H2,(H,23,24)/q-1/p-1. The Morgan fingerprint density at radius 2 is 2.14 bits per heavy atom. The van der Waals surface area contributed by atoms with Crippen LogP contribution in [0.5, 0.6) is 11.5 Å². The summed E-state index contributed by atoms with van der Waals surface area (Å²) in [6.07, 6.45) is 0.0283. The second kappa shape index (κ2) is 7.83. The number of benzene rings is 1. The van der Waals surface area contributed by atoms with E-state index >= 15 is 0 Å². The minimum Gasteiger partial charge on any atom is -0.669 e. The van der Waals surface area contributed by atoms with Gasteiger partial charge in [0.15, 0.2) is 0 Å². The predicted octanol–water partition coefficient (Wildman–Crippen LogP) is -2.12. The highest BCUT2D eigenvalue weighted by atomic mass is 16.6. The van der Waals surface area contributed by atoms with Gasteiger partial charge in [0.2, 0.25) is 5.91 Å². The minimum absolute atomic E-state index is 0.0143. The Morgan fingerprint density at radius 1 is 1.34 bits per heavy atom. The van der Waals surface area contributed by atoms with E-state index in [1.807, 2.05) is 0 Å². The molecule has 1 atom stereocenters. The van der Waals surface area contributed by atoms with Gasteiger partial charge in [0.05, 0.1) is 49.5 Å². The zero-order valence-corrected chi connectivity index (χ0v) is 15.8. The maximum atomic E-state index is 12.3. The van der Waals surface area contributed by atoms with Crippen molar-refractivity contribution >= 4 is 18.6 Å². The molecular formula is C18H23BN2O8-2. The SMILES string of the molecule is O=C([O-])c1c(OC2CN(C(=O)CC3CNCCO3)C2)ccc2c1O[B-](O)(O)CC2. The van der Waals surface area contributed by atoms with E-state index in [4.69, 9.17) is 14.1 Å². The van der Waals surface area contributed by atoms with Crippen LogP contribution in [0.25, 0.3) is 0 Å². The number of morpholine rings is 1. The Morgan fingerprint density at radius 3 is 2.83 bits per heavy atom. The van der Waals surface area contributed by atoms with E-state index in [2.05, 4.69) is 5.32 Å². The first-order valence-corrected chi connectivity index (χ1v) is 9.76. The van der Waals surface area contributed by atoms with Gasteiger partial charge in [-0.3, -0.25) is 4.79 Å². The van der Waals surface area contributed by atoms with Gasteiger partial charge in [0, 0.05) is 13.1 Å². The summed E-state index contributed by atoms with van der Waals surface area (Å²) in [5.74, 6) is -1.68. The smallest absolute Gasteiger partial charge is 0.430 e. The predicted molar refractivity (Wildman–Crippen MR) is 98.3 cm³/mol. The van der Waals surface area contributed by atoms with Crippen molar-refractivity contribution in [2.45, 2.75) is 31.4 Å². The van der Waals surface area contributed by atoms with Crippen LogP contribution < -0.4 is 19.8 Å². The van der Waals surface area contributed by atoms with Crippen LogP contribution in [0.4, 0.5) is 0 Å². The summed E-state index contributed by atoms with van der Waals surface area (Å²) in [5, 5.41) is 34.4. The second-order valence-electron chi connectivity index (χ2n) is 7.67. The molecule has 0 aromatic heterocycles. The molecule has 0 aliphatic carbocycles. The van der Waals surface area contributed by atoms with Gasteiger partial charge in [-0.2, -0.15) is 0 Å². The lowest BCUT2D eigenvalue weighted by molar-refractivity contribution is -0.255. The number of carbonyl (C=O) groups is 2. The molecule has 1 aromatic rings. The Bertz CT molecular complexity index is 805. The number of carbonyl (C=O) groups excluding carboxylic acids is 2. The second-order valence-corrected chi connectivity index (χ2v) is 7.67. The molecule has 11 heteroatoms. The fourth-order valence-electron chi connectivity index (χ4n) is 3.79. The average Bonchev–Trinajstić information content (AvgIpc) is 2.63. The summed E-state index contributed by atoms with van der Waals surface area (Å²) >= 11 is 0. The van der Waals surface area contributed by atoms with E-state index < -0.39 is 12.7 Å². The van der Waals surface area contributed by atoms with Gasteiger partial charge in [-0.15, -0.1) is 0 Å². The number of carboxylic acid groups (broad SMARTS) is 1. The summed E-state index contributed by atoms with van der Waals surface area (Å²) in [5.41, 5.74) is 0.201. The van der Waals surface area contributed by atoms with Crippen molar-refractivity contribution in [1.82, 2.24) is 10.2 Å². The van der Waals surface area contributed by atoms with Crippen LogP contribution in [0.15, 0.2) is 12.1 Å². The molecule has 29 heavy (non-hydrogen) atoms. The van der Waals surface area contributed by atoms with Crippen LogP contribution in [0.2, 0.25) is 6.32 Å². The minimum atomic E-state index is -3.11. The summed E-state index contributed by atoms with van der Waals surface area (Å²) in [7, 11) is 0. The van der Waals surface area contributed by atoms with Crippen molar-refractivity contribution in [1.29, 1.82) is 0 Å². The monoisotopic (exact) mass is 406 g/mol. The molecule has 1 amide bonds. The summed E-state index contributed by atoms with van der Waals surface area (Å²) in [4.78, 5) is 25.6. The Hall–Kier alpha value is -2.34. The summed E-state index contributed by atoms with van der Waals surface area (Å²) in [6, 6.07) is 3.14. The third-order valence-electron chi connectivity index (χ3n) is 5.40. The van der Waals surface area contributed by atoms with Gasteiger partial charge >= 0.3 is 6.75 Å². The number of amides is 1. The van der Waals surface area contributed by atoms with Crippen molar-refractivity contribution in [3.05, 3.63) is 23.3 Å². The molecule has 3 heterocycles. The normalized spacial score (nSPS) is 23.5. The molecule has 1 unspecified atom stereocenters. The van der Waals surface area contributed by atoms with Crippen molar-refractivity contribution < 1.29 is 38.9 Å². The van der Waals surface area contributed by atoms with Crippen LogP contribution in [-0.4, -0.2) is 78.6 Å². The number of aromatic carboxylic acids is 1. The highest BCUT2D eigenvalue weighted by molar-refractivity contribution is 6.59. The first-order chi connectivity index (χ1) is 13.8. The van der Waals surface area contributed by atoms with Crippen LogP contribution in [0, 0.1) is 0 Å². The largest absolute Gasteiger partial charge is 0.669 e. The molecule has 0 spiro atoms. The highest BCUT2D eigenvalue weighted by Gasteiger charge is 2.35. The molecule has 0 radical (unpaired) electrons. The maximum Gasteiger partial charge on any atom is 0.430 e. The van der Waals surface area contributed by atoms with Crippen molar-refractivity contribution in [3.8, 4) is 11.5 Å². The van der Waals surface area contributed by atoms with Crippen LogP contribution in [-0.2, 0) is 16.0 Å². The fraction of sp³-hybridized carbons (Fsp3) is 0.556. The van der Waals surface area contributed by atoms with Gasteiger partial charge in [-0.1, -0.05) is 12.4 Å². The molecule has 2 saturated heterocycles. The molecule has 2 fully saturated rings. The van der Waals surface area contributed by atoms with Crippen molar-refractivity contribution in [2.75, 3.05) is 32.8 Å². The number of rotatable bonds is 5. The zero-order chi connectivity index (χ0) is 20.6. The zero-order valence-electron chi connectivity index (χ0n) is 15.8. The Labute approximate surface area is 167 Å². The van der Waals surface area contributed by atoms with Gasteiger partial charge in [-0.25, -0.2) is 0 Å². The van der Waals surface area contributed by atoms with Crippen LogP contribution in [0.3, 0.4) is 0 Å². The maximum absolute atomic E-state index is 12.3. The molecule has 158 valence electrons. The van der Waals surface area contributed by atoms with E-state index in [0.717, 1.165) is 6.54 Å². The highest BCUT2D eigenvalue weighted by Crippen LogP contribution is 2.38. The van der Waals surface area contributed by atoms with Crippen molar-refractivity contribution in [3.63, 3.8) is 0 Å². The first-order valence-electron chi connectivity index (χ1n) is 9.76. The van der Waals surface area contributed by atoms with Crippen LogP contribution >= 0.6 is 0 Å². The van der Waals surface area contributed by atoms with E-state index in [-0.39, 0.29) is 54.3 Å². The number of nitrogens with zero attached hydrogens (tertiary/aromatic N) is 1. The lowest BCUT2D eigenvalue weighted by atomic mass is 9.70. The molecule has 3 aliphatic heterocycles. The molecule has 3 aliphatic rings. The summed E-state index contributed by atoms with van der Waals surface area (Å²) in [6.45, 7) is -0.446. The fourth-order valence-corrected chi connectivity index (χ4v) is 3.79. The van der Waals surface area contributed by atoms with E-state index in [9.17, 15) is 24.7 Å². The topological polar surface area (TPSA) is 141 Å². The van der Waals surface area contributed by atoms with Gasteiger partial charge < -0.3 is 44.3 Å². The van der Waals surface area contributed by atoms with Crippen LogP contribution in [0.1, 0.15) is 22.3 Å². The Kier molecular flexibility index (Phi) is 5.39. The van der Waals surface area contributed by atoms with Gasteiger partial charge in [0.1, 0.15) is 11.9 Å². The number of aryl methyl sites for hydroxylation is 1. The summed E-state index contributed by atoms with van der Waals surface area (Å²) < 4.78 is 16.4. The van der Waals surface area contributed by atoms with Crippen molar-refractivity contribution in [2.24, 2.45) is 0 Å². The molecule has 1 aromatic carbocycles. The quantitative estimate of drug-likeness (QED) is 0.468. The number of ether oxygens (including phenoxy) is 2. The molecule has 0 bridgehead atoms. The van der Waals surface area contributed by atoms with E-state index in [0.29, 0.717) is 31.8 Å². The van der Waals surface area contributed by atoms with E-state index in [1.165, 1.54) is 6.07 Å². The molecule has 10 nitrogen and oxygen atoms in total. The average molecular weight is 406 g/mol. The first kappa shape index (κ1) is 20.0. The number of fused-ring (bicyclic) bond motifs is 1. The molecule has 4 rings (SSSR count).